The summed E-state index contributed by atoms with van der Waals surface area (Å²) in [6.45, 7) is 0.744. The third kappa shape index (κ3) is 4.62. The summed E-state index contributed by atoms with van der Waals surface area (Å²) in [5.41, 5.74) is 1.65. The number of cyclic esters (lactones) is 1. The molecule has 1 atom stereocenters. The van der Waals surface area contributed by atoms with Crippen LogP contribution in [-0.2, 0) is 24.1 Å². The predicted molar refractivity (Wildman–Crippen MR) is 112 cm³/mol. The lowest BCUT2D eigenvalue weighted by Gasteiger charge is -2.30. The van der Waals surface area contributed by atoms with E-state index >= 15 is 0 Å². The van der Waals surface area contributed by atoms with E-state index in [0.717, 1.165) is 37.0 Å². The highest BCUT2D eigenvalue weighted by Gasteiger charge is 2.44. The first-order valence-corrected chi connectivity index (χ1v) is 11.6. The maximum atomic E-state index is 14.7. The Morgan fingerprint density at radius 1 is 1.44 bits per heavy atom. The number of carbonyl (C=O) groups excluding carboxylic acids is 2. The molecule has 1 saturated heterocycles. The zero-order valence-electron chi connectivity index (χ0n) is 17.7. The summed E-state index contributed by atoms with van der Waals surface area (Å²) in [5.74, 6) is 4.06. The number of anilines is 1. The van der Waals surface area contributed by atoms with Gasteiger partial charge >= 0.3 is 6.09 Å². The van der Waals surface area contributed by atoms with Crippen molar-refractivity contribution in [1.29, 1.82) is 0 Å². The van der Waals surface area contributed by atoms with Crippen molar-refractivity contribution in [1.82, 2.24) is 5.48 Å². The van der Waals surface area contributed by atoms with Crippen LogP contribution >= 0.6 is 0 Å². The zero-order chi connectivity index (χ0) is 23.7. The third-order valence-corrected chi connectivity index (χ3v) is 7.44. The first-order valence-electron chi connectivity index (χ1n) is 9.67. The fourth-order valence-electron chi connectivity index (χ4n) is 3.30. The van der Waals surface area contributed by atoms with Crippen molar-refractivity contribution in [2.24, 2.45) is 5.92 Å². The largest absolute Gasteiger partial charge is 0.420 e. The minimum absolute atomic E-state index is 0.0836. The number of nitrogens with zero attached hydrogens (tertiary/aromatic N) is 1. The number of hydroxylamine groups is 1. The number of rotatable bonds is 5. The van der Waals surface area contributed by atoms with Crippen molar-refractivity contribution in [3.63, 3.8) is 0 Å². The topological polar surface area (TPSA) is 122 Å². The first kappa shape index (κ1) is 23.7. The summed E-state index contributed by atoms with van der Waals surface area (Å²) < 4.78 is 46.9. The van der Waals surface area contributed by atoms with Gasteiger partial charge in [-0.15, -0.1) is 0 Å². The molecule has 0 radical (unpaired) electrons. The third-order valence-electron chi connectivity index (χ3n) is 5.60. The zero-order valence-corrected chi connectivity index (χ0v) is 18.5. The number of halogens is 1. The van der Waals surface area contributed by atoms with Gasteiger partial charge in [-0.1, -0.05) is 11.8 Å². The fourth-order valence-corrected chi connectivity index (χ4v) is 4.03. The Labute approximate surface area is 185 Å². The Morgan fingerprint density at radius 3 is 2.69 bits per heavy atom. The number of nitrogens with one attached hydrogen (secondary N) is 1. The SMILES string of the molecule is COC1CC(C#Cc2ccc(N3C/C(=C/[C@](C)(C(=O)NO)S(C)(=O)=O)OC3=O)c(F)c2)C1. The lowest BCUT2D eigenvalue weighted by atomic mass is 9.83. The Bertz CT molecular complexity index is 1130. The fraction of sp³-hybridized carbons (Fsp3) is 0.429. The molecule has 2 fully saturated rings. The van der Waals surface area contributed by atoms with E-state index in [4.69, 9.17) is 14.7 Å². The molecule has 0 unspecified atom stereocenters. The molecule has 2 aliphatic rings. The van der Waals surface area contributed by atoms with Crippen molar-refractivity contribution in [2.75, 3.05) is 24.8 Å². The Balaban J connectivity index is 1.80. The van der Waals surface area contributed by atoms with E-state index in [9.17, 15) is 22.4 Å². The lowest BCUT2D eigenvalue weighted by molar-refractivity contribution is -0.130. The maximum Gasteiger partial charge on any atom is 0.420 e. The predicted octanol–water partition coefficient (Wildman–Crippen LogP) is 1.75. The van der Waals surface area contributed by atoms with Gasteiger partial charge in [-0.05, 0) is 44.0 Å². The highest BCUT2D eigenvalue weighted by Crippen LogP contribution is 2.31. The Hall–Kier alpha value is -2.94. The van der Waals surface area contributed by atoms with Gasteiger partial charge < -0.3 is 9.47 Å². The molecule has 3 rings (SSSR count). The van der Waals surface area contributed by atoms with Gasteiger partial charge in [0.1, 0.15) is 11.6 Å². The molecule has 1 heterocycles. The summed E-state index contributed by atoms with van der Waals surface area (Å²) in [4.78, 5) is 25.2. The maximum absolute atomic E-state index is 14.7. The molecule has 2 amide bonds. The number of carbonyl (C=O) groups is 2. The number of hydrogen-bond acceptors (Lipinski definition) is 7. The molecule has 1 aliphatic heterocycles. The van der Waals surface area contributed by atoms with Gasteiger partial charge in [-0.2, -0.15) is 0 Å². The average molecular weight is 466 g/mol. The molecule has 1 saturated carbocycles. The second kappa shape index (κ2) is 8.90. The summed E-state index contributed by atoms with van der Waals surface area (Å²) in [6.07, 6.45) is 2.65. The second-order valence-electron chi connectivity index (χ2n) is 7.85. The number of amides is 2. The quantitative estimate of drug-likeness (QED) is 0.385. The molecule has 1 aromatic carbocycles. The standard InChI is InChI=1S/C21H23FN2O7S/c1-21(19(25)23-27,32(3,28)29)11-16-12-24(20(26)31-16)18-7-6-13(10-17(18)22)4-5-14-8-15(9-14)30-2/h6-7,10-11,14-15,27H,8-9,12H2,1-3H3,(H,23,25)/b16-11-/t14?,15?,21-/m1/s1. The van der Waals surface area contributed by atoms with Gasteiger partial charge in [0.25, 0.3) is 5.91 Å². The van der Waals surface area contributed by atoms with Crippen LogP contribution in [0.4, 0.5) is 14.9 Å². The highest BCUT2D eigenvalue weighted by atomic mass is 32.2. The summed E-state index contributed by atoms with van der Waals surface area (Å²) >= 11 is 0. The van der Waals surface area contributed by atoms with Crippen LogP contribution in [0.1, 0.15) is 25.3 Å². The normalized spacial score (nSPS) is 23.6. The van der Waals surface area contributed by atoms with Crippen molar-refractivity contribution >= 4 is 27.5 Å². The summed E-state index contributed by atoms with van der Waals surface area (Å²) in [5, 5.41) is 8.90. The van der Waals surface area contributed by atoms with Crippen LogP contribution < -0.4 is 10.4 Å². The van der Waals surface area contributed by atoms with E-state index in [0.29, 0.717) is 5.56 Å². The smallest absolute Gasteiger partial charge is 0.413 e. The first-order chi connectivity index (χ1) is 15.0. The van der Waals surface area contributed by atoms with E-state index in [1.54, 1.807) is 13.2 Å². The van der Waals surface area contributed by atoms with Gasteiger partial charge in [-0.25, -0.2) is 23.1 Å². The van der Waals surface area contributed by atoms with Gasteiger partial charge in [0, 0.05) is 24.8 Å². The summed E-state index contributed by atoms with van der Waals surface area (Å²) in [6, 6.07) is 4.13. The van der Waals surface area contributed by atoms with Crippen LogP contribution in [0.15, 0.2) is 30.0 Å². The minimum atomic E-state index is -4.05. The van der Waals surface area contributed by atoms with Crippen LogP contribution in [0.25, 0.3) is 0 Å². The van der Waals surface area contributed by atoms with E-state index in [2.05, 4.69) is 11.8 Å². The molecule has 1 aliphatic carbocycles. The van der Waals surface area contributed by atoms with Crippen molar-refractivity contribution < 1.29 is 37.1 Å². The van der Waals surface area contributed by atoms with Crippen LogP contribution in [0.5, 0.6) is 0 Å². The van der Waals surface area contributed by atoms with E-state index < -0.39 is 32.4 Å². The monoisotopic (exact) mass is 466 g/mol. The van der Waals surface area contributed by atoms with Crippen molar-refractivity contribution in [3.8, 4) is 11.8 Å². The number of benzene rings is 1. The van der Waals surface area contributed by atoms with Crippen LogP contribution in [0, 0.1) is 23.6 Å². The molecule has 0 aromatic heterocycles. The molecule has 32 heavy (non-hydrogen) atoms. The van der Waals surface area contributed by atoms with Gasteiger partial charge in [0.2, 0.25) is 0 Å². The molecule has 2 N–H and O–H groups in total. The van der Waals surface area contributed by atoms with Crippen molar-refractivity contribution in [2.45, 2.75) is 30.6 Å². The minimum Gasteiger partial charge on any atom is -0.413 e. The molecular formula is C21H23FN2O7S. The Kier molecular flexibility index (Phi) is 6.59. The highest BCUT2D eigenvalue weighted by molar-refractivity contribution is 7.93. The van der Waals surface area contributed by atoms with Crippen molar-refractivity contribution in [3.05, 3.63) is 41.4 Å². The van der Waals surface area contributed by atoms with Gasteiger partial charge in [0.05, 0.1) is 18.3 Å². The molecular weight excluding hydrogens is 443 g/mol. The molecule has 1 aromatic rings. The lowest BCUT2D eigenvalue weighted by Crippen LogP contribution is -2.47. The Morgan fingerprint density at radius 2 is 2.12 bits per heavy atom. The number of sulfone groups is 1. The van der Waals surface area contributed by atoms with Gasteiger partial charge in [-0.3, -0.25) is 14.9 Å². The molecule has 9 nitrogen and oxygen atoms in total. The summed E-state index contributed by atoms with van der Waals surface area (Å²) in [7, 11) is -2.40. The number of methoxy groups -OCH3 is 1. The average Bonchev–Trinajstić information content (AvgIpc) is 3.05. The van der Waals surface area contributed by atoms with E-state index in [-0.39, 0.29) is 30.0 Å². The molecule has 11 heteroatoms. The van der Waals surface area contributed by atoms with Crippen LogP contribution in [0.2, 0.25) is 0 Å². The molecule has 172 valence electrons. The van der Waals surface area contributed by atoms with Crippen LogP contribution in [-0.4, -0.2) is 56.4 Å². The van der Waals surface area contributed by atoms with E-state index in [1.807, 2.05) is 0 Å². The molecule has 0 spiro atoms. The van der Waals surface area contributed by atoms with Crippen LogP contribution in [0.3, 0.4) is 0 Å². The number of ether oxygens (including phenoxy) is 2. The van der Waals surface area contributed by atoms with Gasteiger partial charge in [0.15, 0.2) is 14.6 Å². The second-order valence-corrected chi connectivity index (χ2v) is 10.2. The number of hydrogen-bond donors (Lipinski definition) is 2. The molecule has 0 bridgehead atoms. The van der Waals surface area contributed by atoms with E-state index in [1.165, 1.54) is 17.6 Å².